The molecule has 2 aromatic carbocycles. The topological polar surface area (TPSA) is 84.9 Å². The van der Waals surface area contributed by atoms with Crippen molar-refractivity contribution in [3.63, 3.8) is 0 Å². The molecule has 7 heteroatoms. The molecule has 2 aromatic rings. The third kappa shape index (κ3) is 3.57. The van der Waals surface area contributed by atoms with Gasteiger partial charge < -0.3 is 14.8 Å². The predicted molar refractivity (Wildman–Crippen MR) is 122 cm³/mol. The van der Waals surface area contributed by atoms with Crippen molar-refractivity contribution in [3.05, 3.63) is 66.2 Å². The molecule has 1 heterocycles. The highest BCUT2D eigenvalue weighted by Gasteiger charge is 2.61. The smallest absolute Gasteiger partial charge is 0.248 e. The van der Waals surface area contributed by atoms with Crippen LogP contribution >= 0.6 is 0 Å². The fourth-order valence-electron chi connectivity index (χ4n) is 5.50. The lowest BCUT2D eigenvalue weighted by atomic mass is 9.85. The van der Waals surface area contributed by atoms with E-state index >= 15 is 0 Å². The number of allylic oxidation sites excluding steroid dienone is 2. The molecule has 7 nitrogen and oxygen atoms in total. The van der Waals surface area contributed by atoms with Gasteiger partial charge in [0.05, 0.1) is 31.7 Å². The third-order valence-corrected chi connectivity index (χ3v) is 7.06. The Hall–Kier alpha value is -3.61. The first-order valence-electron chi connectivity index (χ1n) is 11.1. The van der Waals surface area contributed by atoms with Crippen LogP contribution in [-0.4, -0.2) is 42.9 Å². The normalized spacial score (nSPS) is 25.8. The van der Waals surface area contributed by atoms with Gasteiger partial charge in [-0.2, -0.15) is 0 Å². The van der Waals surface area contributed by atoms with Gasteiger partial charge in [0.25, 0.3) is 0 Å². The molecule has 0 aromatic heterocycles. The average molecular weight is 447 g/mol. The van der Waals surface area contributed by atoms with E-state index in [1.807, 2.05) is 42.5 Å². The maximum atomic E-state index is 13.6. The molecular formula is C26H26N2O5. The van der Waals surface area contributed by atoms with Crippen LogP contribution < -0.4 is 14.8 Å². The third-order valence-electron chi connectivity index (χ3n) is 7.06. The van der Waals surface area contributed by atoms with Crippen molar-refractivity contribution in [1.82, 2.24) is 4.90 Å². The first-order valence-corrected chi connectivity index (χ1v) is 11.1. The number of imide groups is 1. The van der Waals surface area contributed by atoms with Crippen LogP contribution in [0.4, 0.5) is 5.69 Å². The summed E-state index contributed by atoms with van der Waals surface area (Å²) in [5, 5.41) is 2.87. The number of anilines is 1. The van der Waals surface area contributed by atoms with Crippen molar-refractivity contribution >= 4 is 23.4 Å². The van der Waals surface area contributed by atoms with E-state index in [1.165, 1.54) is 19.1 Å². The molecule has 5 rings (SSSR count). The Morgan fingerprint density at radius 3 is 2.27 bits per heavy atom. The van der Waals surface area contributed by atoms with Crippen LogP contribution in [-0.2, 0) is 20.8 Å². The van der Waals surface area contributed by atoms with Gasteiger partial charge in [0.2, 0.25) is 17.7 Å². The molecule has 3 aliphatic rings. The molecule has 3 amide bonds. The first-order chi connectivity index (χ1) is 16.0. The molecule has 2 bridgehead atoms. The Labute approximate surface area is 192 Å². The fraction of sp³-hybridized carbons (Fsp3) is 0.346. The first kappa shape index (κ1) is 21.2. The molecule has 2 aliphatic carbocycles. The lowest BCUT2D eigenvalue weighted by Gasteiger charge is -2.27. The quantitative estimate of drug-likeness (QED) is 0.522. The monoisotopic (exact) mass is 446 g/mol. The van der Waals surface area contributed by atoms with Crippen molar-refractivity contribution in [2.24, 2.45) is 23.7 Å². The van der Waals surface area contributed by atoms with Crippen molar-refractivity contribution in [2.45, 2.75) is 18.9 Å². The number of carbonyl (C=O) groups is 3. The zero-order valence-electron chi connectivity index (χ0n) is 18.6. The van der Waals surface area contributed by atoms with Gasteiger partial charge in [-0.3, -0.25) is 19.3 Å². The maximum Gasteiger partial charge on any atom is 0.248 e. The van der Waals surface area contributed by atoms with E-state index in [0.717, 1.165) is 12.0 Å². The summed E-state index contributed by atoms with van der Waals surface area (Å²) in [5.74, 6) is -0.453. The van der Waals surface area contributed by atoms with Crippen molar-refractivity contribution < 1.29 is 23.9 Å². The van der Waals surface area contributed by atoms with Crippen molar-refractivity contribution in [3.8, 4) is 11.5 Å². The predicted octanol–water partition coefficient (Wildman–Crippen LogP) is 3.06. The highest BCUT2D eigenvalue weighted by molar-refractivity contribution is 6.11. The summed E-state index contributed by atoms with van der Waals surface area (Å²) in [6, 6.07) is 13.5. The highest BCUT2D eigenvalue weighted by Crippen LogP contribution is 2.53. The lowest BCUT2D eigenvalue weighted by molar-refractivity contribution is -0.147. The van der Waals surface area contributed by atoms with E-state index in [1.54, 1.807) is 18.2 Å². The molecule has 1 saturated heterocycles. The van der Waals surface area contributed by atoms with Crippen LogP contribution in [0, 0.1) is 23.7 Å². The van der Waals surface area contributed by atoms with E-state index in [2.05, 4.69) is 5.32 Å². The van der Waals surface area contributed by atoms with Crippen molar-refractivity contribution in [1.29, 1.82) is 0 Å². The number of carbonyl (C=O) groups excluding carboxylic acids is 3. The largest absolute Gasteiger partial charge is 0.497 e. The summed E-state index contributed by atoms with van der Waals surface area (Å²) in [7, 11) is 3.05. The lowest BCUT2D eigenvalue weighted by Crippen LogP contribution is -2.49. The molecule has 0 radical (unpaired) electrons. The molecule has 5 atom stereocenters. The number of nitrogens with one attached hydrogen (secondary N) is 1. The Bertz CT molecular complexity index is 1100. The van der Waals surface area contributed by atoms with Crippen LogP contribution in [0.5, 0.6) is 11.5 Å². The fourth-order valence-corrected chi connectivity index (χ4v) is 5.50. The van der Waals surface area contributed by atoms with Gasteiger partial charge in [-0.1, -0.05) is 42.5 Å². The molecular weight excluding hydrogens is 420 g/mol. The van der Waals surface area contributed by atoms with Crippen LogP contribution in [0.25, 0.3) is 0 Å². The Kier molecular flexibility index (Phi) is 5.40. The zero-order chi connectivity index (χ0) is 23.1. The standard InChI is InChI=1S/C26H26N2O5/c1-32-18-10-11-21(33-2)19(14-18)27-24(29)20(12-15-6-4-3-5-7-15)28-25(30)22-16-8-9-17(13-16)23(22)26(28)31/h3-11,14,16-17,20,22-23H,12-13H2,1-2H3,(H,27,29)/t16-,17-,20+,22-,23+/m0/s1. The van der Waals surface area contributed by atoms with E-state index in [0.29, 0.717) is 17.2 Å². The van der Waals surface area contributed by atoms with Gasteiger partial charge >= 0.3 is 0 Å². The summed E-state index contributed by atoms with van der Waals surface area (Å²) in [5.41, 5.74) is 1.29. The second-order valence-corrected chi connectivity index (χ2v) is 8.81. The number of methoxy groups -OCH3 is 2. The Morgan fingerprint density at radius 2 is 1.67 bits per heavy atom. The number of fused-ring (bicyclic) bond motifs is 5. The molecule has 0 spiro atoms. The van der Waals surface area contributed by atoms with Gasteiger partial charge in [-0.25, -0.2) is 0 Å². The molecule has 1 N–H and O–H groups in total. The number of likely N-dealkylation sites (tertiary alicyclic amines) is 1. The Morgan fingerprint density at radius 1 is 1.00 bits per heavy atom. The van der Waals surface area contributed by atoms with Gasteiger partial charge in [-0.05, 0) is 36.0 Å². The second-order valence-electron chi connectivity index (χ2n) is 8.81. The number of hydrogen-bond donors (Lipinski definition) is 1. The van der Waals surface area contributed by atoms with Crippen LogP contribution in [0.2, 0.25) is 0 Å². The minimum Gasteiger partial charge on any atom is -0.497 e. The van der Waals surface area contributed by atoms with E-state index < -0.39 is 11.9 Å². The van der Waals surface area contributed by atoms with Crippen LogP contribution in [0.1, 0.15) is 12.0 Å². The SMILES string of the molecule is COc1ccc(OC)c(NC(=O)[C@@H](Cc2ccccc2)N2C(=O)[C@@H]3[C@H](C2=O)[C@H]2C=C[C@H]3C2)c1. The molecule has 170 valence electrons. The minimum atomic E-state index is -0.965. The summed E-state index contributed by atoms with van der Waals surface area (Å²) < 4.78 is 10.7. The highest BCUT2D eigenvalue weighted by atomic mass is 16.5. The summed E-state index contributed by atoms with van der Waals surface area (Å²) in [6.45, 7) is 0. The summed E-state index contributed by atoms with van der Waals surface area (Å²) in [6.07, 6.45) is 5.18. The number of nitrogens with zero attached hydrogens (tertiary/aromatic N) is 1. The average Bonchev–Trinajstić information content (AvgIpc) is 3.52. The molecule has 0 unspecified atom stereocenters. The van der Waals surface area contributed by atoms with E-state index in [4.69, 9.17) is 9.47 Å². The summed E-state index contributed by atoms with van der Waals surface area (Å²) in [4.78, 5) is 41.7. The number of benzene rings is 2. The Balaban J connectivity index is 1.47. The minimum absolute atomic E-state index is 0.0837. The summed E-state index contributed by atoms with van der Waals surface area (Å²) >= 11 is 0. The van der Waals surface area contributed by atoms with E-state index in [-0.39, 0.29) is 41.9 Å². The van der Waals surface area contributed by atoms with Gasteiger partial charge in [0.1, 0.15) is 17.5 Å². The van der Waals surface area contributed by atoms with Crippen LogP contribution in [0.3, 0.4) is 0 Å². The number of ether oxygens (including phenoxy) is 2. The van der Waals surface area contributed by atoms with Gasteiger partial charge in [0, 0.05) is 12.5 Å². The molecule has 2 fully saturated rings. The van der Waals surface area contributed by atoms with Gasteiger partial charge in [0.15, 0.2) is 0 Å². The van der Waals surface area contributed by atoms with Crippen molar-refractivity contribution in [2.75, 3.05) is 19.5 Å². The molecule has 33 heavy (non-hydrogen) atoms. The maximum absolute atomic E-state index is 13.6. The number of rotatable bonds is 7. The molecule has 1 aliphatic heterocycles. The second kappa shape index (κ2) is 8.39. The zero-order valence-corrected chi connectivity index (χ0v) is 18.6. The number of hydrogen-bond acceptors (Lipinski definition) is 5. The molecule has 1 saturated carbocycles. The van der Waals surface area contributed by atoms with E-state index in [9.17, 15) is 14.4 Å². The van der Waals surface area contributed by atoms with Gasteiger partial charge in [-0.15, -0.1) is 0 Å². The number of amides is 3. The van der Waals surface area contributed by atoms with Crippen LogP contribution in [0.15, 0.2) is 60.7 Å².